The maximum absolute atomic E-state index is 12.8. The molecular formula is C22H23ClN6O3S. The third-order valence-corrected chi connectivity index (χ3v) is 6.20. The Labute approximate surface area is 200 Å². The smallest absolute Gasteiger partial charge is 0.240 e. The van der Waals surface area contributed by atoms with Crippen LogP contribution in [0.25, 0.3) is 0 Å². The molecule has 2 aromatic carbocycles. The van der Waals surface area contributed by atoms with E-state index in [-0.39, 0.29) is 11.7 Å². The molecule has 172 valence electrons. The van der Waals surface area contributed by atoms with Crippen molar-refractivity contribution in [3.8, 4) is 11.5 Å². The van der Waals surface area contributed by atoms with Gasteiger partial charge in [0, 0.05) is 18.1 Å². The monoisotopic (exact) mass is 486 g/mol. The lowest BCUT2D eigenvalue weighted by Gasteiger charge is -2.29. The van der Waals surface area contributed by atoms with Crippen LogP contribution in [-0.4, -0.2) is 58.7 Å². The van der Waals surface area contributed by atoms with Crippen molar-refractivity contribution >= 4 is 41.4 Å². The van der Waals surface area contributed by atoms with Gasteiger partial charge in [0.15, 0.2) is 11.5 Å². The fourth-order valence-corrected chi connectivity index (χ4v) is 4.22. The number of halogens is 1. The Kier molecular flexibility index (Phi) is 7.36. The summed E-state index contributed by atoms with van der Waals surface area (Å²) in [5.41, 5.74) is 5.92. The summed E-state index contributed by atoms with van der Waals surface area (Å²) in [7, 11) is 3.23. The standard InChI is InChI=1S/C22H23ClN6O3S/c1-31-18-9-15-7-8-29(12-16(15)10-19(18)32-2)20(30)13-33-22-25-21(27-28-22)26-24-11-14-3-5-17(23)6-4-14/h3-6,9-11H,7-8,12-13H2,1-2H3,(H2,25,26,27,28)/b24-11+. The van der Waals surface area contributed by atoms with Crippen molar-refractivity contribution in [3.05, 3.63) is 58.1 Å². The molecule has 1 amide bonds. The molecule has 3 aromatic rings. The average molecular weight is 487 g/mol. The minimum absolute atomic E-state index is 0.0282. The van der Waals surface area contributed by atoms with Crippen molar-refractivity contribution in [1.82, 2.24) is 20.1 Å². The number of fused-ring (bicyclic) bond motifs is 1. The van der Waals surface area contributed by atoms with Crippen LogP contribution in [0.2, 0.25) is 5.02 Å². The lowest BCUT2D eigenvalue weighted by Crippen LogP contribution is -2.37. The number of aromatic nitrogens is 3. The molecule has 0 spiro atoms. The van der Waals surface area contributed by atoms with Crippen LogP contribution < -0.4 is 14.9 Å². The van der Waals surface area contributed by atoms with Crippen molar-refractivity contribution < 1.29 is 14.3 Å². The number of rotatable bonds is 8. The first-order valence-electron chi connectivity index (χ1n) is 10.2. The van der Waals surface area contributed by atoms with Crippen LogP contribution in [-0.2, 0) is 17.8 Å². The third kappa shape index (κ3) is 5.77. The summed E-state index contributed by atoms with van der Waals surface area (Å²) in [6, 6.07) is 11.2. The van der Waals surface area contributed by atoms with Gasteiger partial charge in [0.2, 0.25) is 17.0 Å². The first-order chi connectivity index (χ1) is 16.1. The van der Waals surface area contributed by atoms with Gasteiger partial charge >= 0.3 is 0 Å². The van der Waals surface area contributed by atoms with Gasteiger partial charge < -0.3 is 14.4 Å². The van der Waals surface area contributed by atoms with Gasteiger partial charge in [-0.15, -0.1) is 5.10 Å². The molecule has 11 heteroatoms. The highest BCUT2D eigenvalue weighted by Gasteiger charge is 2.23. The number of thioether (sulfide) groups is 1. The SMILES string of the molecule is COc1cc2c(cc1OC)CN(C(=O)CSc1n[nH]c(N/N=C/c3ccc(Cl)cc3)n1)CC2. The van der Waals surface area contributed by atoms with E-state index in [1.165, 1.54) is 17.3 Å². The summed E-state index contributed by atoms with van der Waals surface area (Å²) in [6.45, 7) is 1.19. The number of methoxy groups -OCH3 is 2. The number of carbonyl (C=O) groups excluding carboxylic acids is 1. The van der Waals surface area contributed by atoms with E-state index in [0.717, 1.165) is 17.5 Å². The van der Waals surface area contributed by atoms with E-state index in [0.29, 0.717) is 40.7 Å². The fraction of sp³-hybridized carbons (Fsp3) is 0.273. The van der Waals surface area contributed by atoms with Crippen LogP contribution in [0.1, 0.15) is 16.7 Å². The van der Waals surface area contributed by atoms with Crippen molar-refractivity contribution in [3.63, 3.8) is 0 Å². The summed E-state index contributed by atoms with van der Waals surface area (Å²) in [5.74, 6) is 2.04. The van der Waals surface area contributed by atoms with Crippen molar-refractivity contribution in [2.24, 2.45) is 5.10 Å². The molecule has 4 rings (SSSR count). The second-order valence-corrected chi connectivity index (χ2v) is 8.60. The Bertz CT molecular complexity index is 1150. The Morgan fingerprint density at radius 3 is 2.70 bits per heavy atom. The van der Waals surface area contributed by atoms with Gasteiger partial charge in [0.1, 0.15) is 0 Å². The molecule has 0 fully saturated rings. The molecule has 1 aliphatic rings. The predicted octanol–water partition coefficient (Wildman–Crippen LogP) is 3.60. The molecule has 0 atom stereocenters. The molecule has 1 aliphatic heterocycles. The second kappa shape index (κ2) is 10.6. The zero-order valence-electron chi connectivity index (χ0n) is 18.2. The van der Waals surface area contributed by atoms with Crippen molar-refractivity contribution in [2.75, 3.05) is 31.9 Å². The number of H-pyrrole nitrogens is 1. The molecule has 2 heterocycles. The van der Waals surface area contributed by atoms with Gasteiger partial charge in [-0.25, -0.2) is 10.5 Å². The van der Waals surface area contributed by atoms with Crippen LogP contribution in [0, 0.1) is 0 Å². The van der Waals surface area contributed by atoms with Crippen molar-refractivity contribution in [2.45, 2.75) is 18.1 Å². The summed E-state index contributed by atoms with van der Waals surface area (Å²) >= 11 is 7.14. The Morgan fingerprint density at radius 1 is 1.24 bits per heavy atom. The number of benzene rings is 2. The van der Waals surface area contributed by atoms with Gasteiger partial charge in [-0.05, 0) is 47.4 Å². The van der Waals surface area contributed by atoms with Gasteiger partial charge in [-0.3, -0.25) is 4.79 Å². The number of hydrazone groups is 1. The van der Waals surface area contributed by atoms with E-state index in [1.54, 1.807) is 32.6 Å². The molecule has 33 heavy (non-hydrogen) atoms. The predicted molar refractivity (Wildman–Crippen MR) is 128 cm³/mol. The molecule has 0 unspecified atom stereocenters. The van der Waals surface area contributed by atoms with E-state index < -0.39 is 0 Å². The molecule has 0 radical (unpaired) electrons. The minimum Gasteiger partial charge on any atom is -0.493 e. The summed E-state index contributed by atoms with van der Waals surface area (Å²) in [6.07, 6.45) is 2.42. The number of carbonyl (C=O) groups is 1. The first kappa shape index (κ1) is 22.9. The third-order valence-electron chi connectivity index (χ3n) is 5.11. The molecule has 1 aromatic heterocycles. The summed E-state index contributed by atoms with van der Waals surface area (Å²) < 4.78 is 10.8. The zero-order valence-corrected chi connectivity index (χ0v) is 19.7. The maximum Gasteiger partial charge on any atom is 0.240 e. The van der Waals surface area contributed by atoms with E-state index in [2.05, 4.69) is 25.7 Å². The van der Waals surface area contributed by atoms with Crippen LogP contribution in [0.15, 0.2) is 46.7 Å². The second-order valence-electron chi connectivity index (χ2n) is 7.22. The number of ether oxygens (including phenoxy) is 2. The highest BCUT2D eigenvalue weighted by atomic mass is 35.5. The Hall–Kier alpha value is -3.24. The Balaban J connectivity index is 1.29. The number of hydrogen-bond acceptors (Lipinski definition) is 8. The van der Waals surface area contributed by atoms with Gasteiger partial charge in [0.25, 0.3) is 0 Å². The van der Waals surface area contributed by atoms with Gasteiger partial charge in [0.05, 0.1) is 26.2 Å². The topological polar surface area (TPSA) is 105 Å². The molecule has 0 saturated heterocycles. The van der Waals surface area contributed by atoms with E-state index in [1.807, 2.05) is 29.2 Å². The molecular weight excluding hydrogens is 464 g/mol. The van der Waals surface area contributed by atoms with E-state index >= 15 is 0 Å². The Morgan fingerprint density at radius 2 is 1.97 bits per heavy atom. The molecule has 0 aliphatic carbocycles. The molecule has 9 nitrogen and oxygen atoms in total. The lowest BCUT2D eigenvalue weighted by molar-refractivity contribution is -0.129. The number of hydrogen-bond donors (Lipinski definition) is 2. The largest absolute Gasteiger partial charge is 0.493 e. The number of amides is 1. The first-order valence-corrected chi connectivity index (χ1v) is 11.5. The van der Waals surface area contributed by atoms with Crippen LogP contribution >= 0.6 is 23.4 Å². The average Bonchev–Trinajstić information content (AvgIpc) is 3.30. The van der Waals surface area contributed by atoms with Crippen LogP contribution in [0.5, 0.6) is 11.5 Å². The van der Waals surface area contributed by atoms with Gasteiger partial charge in [-0.2, -0.15) is 10.1 Å². The normalized spacial score (nSPS) is 13.1. The highest BCUT2D eigenvalue weighted by Crippen LogP contribution is 2.33. The number of anilines is 1. The minimum atomic E-state index is 0.0282. The van der Waals surface area contributed by atoms with Gasteiger partial charge in [-0.1, -0.05) is 35.5 Å². The fourth-order valence-electron chi connectivity index (χ4n) is 3.39. The highest BCUT2D eigenvalue weighted by molar-refractivity contribution is 7.99. The van der Waals surface area contributed by atoms with E-state index in [4.69, 9.17) is 21.1 Å². The molecule has 2 N–H and O–H groups in total. The summed E-state index contributed by atoms with van der Waals surface area (Å²) in [5, 5.41) is 12.1. The van der Waals surface area contributed by atoms with E-state index in [9.17, 15) is 4.79 Å². The summed E-state index contributed by atoms with van der Waals surface area (Å²) in [4.78, 5) is 18.9. The lowest BCUT2D eigenvalue weighted by atomic mass is 9.99. The van der Waals surface area contributed by atoms with Crippen molar-refractivity contribution in [1.29, 1.82) is 0 Å². The quantitative estimate of drug-likeness (QED) is 0.285. The number of aromatic amines is 1. The maximum atomic E-state index is 12.8. The molecule has 0 bridgehead atoms. The zero-order chi connectivity index (χ0) is 23.2. The number of nitrogens with one attached hydrogen (secondary N) is 2. The van der Waals surface area contributed by atoms with Crippen LogP contribution in [0.3, 0.4) is 0 Å². The van der Waals surface area contributed by atoms with Crippen LogP contribution in [0.4, 0.5) is 5.95 Å². The molecule has 0 saturated carbocycles. The number of nitrogens with zero attached hydrogens (tertiary/aromatic N) is 4.